The lowest BCUT2D eigenvalue weighted by atomic mass is 10.2. The number of carbonyl (C=O) groups excluding carboxylic acids is 1. The zero-order chi connectivity index (χ0) is 17.9. The second kappa shape index (κ2) is 7.36. The number of nitrogens with zero attached hydrogens (tertiary/aromatic N) is 1. The zero-order valence-corrected chi connectivity index (χ0v) is 16.1. The minimum atomic E-state index is -3.61. The van der Waals surface area contributed by atoms with Crippen LogP contribution in [0.2, 0.25) is 0 Å². The number of amides is 1. The van der Waals surface area contributed by atoms with Crippen LogP contribution in [0.15, 0.2) is 53.0 Å². The van der Waals surface area contributed by atoms with Crippen molar-refractivity contribution in [3.8, 4) is 0 Å². The van der Waals surface area contributed by atoms with Crippen LogP contribution in [0.3, 0.4) is 0 Å². The first-order chi connectivity index (χ1) is 11.2. The van der Waals surface area contributed by atoms with Crippen LogP contribution in [0.4, 0.5) is 11.4 Å². The minimum Gasteiger partial charge on any atom is -0.324 e. The van der Waals surface area contributed by atoms with Gasteiger partial charge >= 0.3 is 0 Å². The van der Waals surface area contributed by atoms with Crippen LogP contribution in [0.25, 0.3) is 0 Å². The highest BCUT2D eigenvalue weighted by atomic mass is 79.9. The molecule has 7 heteroatoms. The predicted octanol–water partition coefficient (Wildman–Crippen LogP) is 3.55. The fourth-order valence-electron chi connectivity index (χ4n) is 2.35. The van der Waals surface area contributed by atoms with Crippen LogP contribution in [-0.4, -0.2) is 26.6 Å². The molecule has 0 aliphatic carbocycles. The van der Waals surface area contributed by atoms with Gasteiger partial charge in [0.1, 0.15) is 6.04 Å². The van der Waals surface area contributed by atoms with Crippen molar-refractivity contribution in [2.75, 3.05) is 15.9 Å². The third-order valence-corrected chi connectivity index (χ3v) is 5.23. The highest BCUT2D eigenvalue weighted by Gasteiger charge is 2.29. The van der Waals surface area contributed by atoms with E-state index < -0.39 is 22.0 Å². The van der Waals surface area contributed by atoms with Gasteiger partial charge in [-0.05, 0) is 55.8 Å². The Morgan fingerprint density at radius 2 is 1.79 bits per heavy atom. The summed E-state index contributed by atoms with van der Waals surface area (Å²) >= 11 is 3.33. The van der Waals surface area contributed by atoms with E-state index in [2.05, 4.69) is 21.2 Å². The van der Waals surface area contributed by atoms with Crippen molar-refractivity contribution in [1.82, 2.24) is 0 Å². The average molecular weight is 411 g/mol. The first kappa shape index (κ1) is 18.5. The molecule has 2 aromatic rings. The molecule has 1 amide bonds. The quantitative estimate of drug-likeness (QED) is 0.819. The number of sulfonamides is 1. The van der Waals surface area contributed by atoms with E-state index in [0.29, 0.717) is 11.4 Å². The Labute approximate surface area is 150 Å². The topological polar surface area (TPSA) is 66.5 Å². The number of benzene rings is 2. The van der Waals surface area contributed by atoms with Gasteiger partial charge in [0.25, 0.3) is 0 Å². The fraction of sp³-hybridized carbons (Fsp3) is 0.235. The number of hydrogen-bond donors (Lipinski definition) is 1. The van der Waals surface area contributed by atoms with Gasteiger partial charge in [-0.2, -0.15) is 0 Å². The smallest absolute Gasteiger partial charge is 0.247 e. The number of aryl methyl sites for hydroxylation is 1. The van der Waals surface area contributed by atoms with Crippen LogP contribution in [0, 0.1) is 6.92 Å². The summed E-state index contributed by atoms with van der Waals surface area (Å²) in [5, 5.41) is 2.74. The summed E-state index contributed by atoms with van der Waals surface area (Å²) in [7, 11) is -3.61. The van der Waals surface area contributed by atoms with Gasteiger partial charge in [0.2, 0.25) is 15.9 Å². The molecule has 24 heavy (non-hydrogen) atoms. The summed E-state index contributed by atoms with van der Waals surface area (Å²) in [5.41, 5.74) is 1.99. The van der Waals surface area contributed by atoms with Crippen molar-refractivity contribution in [3.05, 3.63) is 58.6 Å². The number of nitrogens with one attached hydrogen (secondary N) is 1. The number of halogens is 1. The largest absolute Gasteiger partial charge is 0.324 e. The van der Waals surface area contributed by atoms with Crippen LogP contribution < -0.4 is 9.62 Å². The molecule has 0 saturated carbocycles. The molecule has 0 radical (unpaired) electrons. The van der Waals surface area contributed by atoms with Crippen molar-refractivity contribution in [2.45, 2.75) is 19.9 Å². The molecule has 0 unspecified atom stereocenters. The maximum absolute atomic E-state index is 12.5. The van der Waals surface area contributed by atoms with E-state index in [-0.39, 0.29) is 0 Å². The van der Waals surface area contributed by atoms with E-state index in [1.54, 1.807) is 49.4 Å². The molecule has 0 aliphatic rings. The van der Waals surface area contributed by atoms with E-state index in [1.807, 2.05) is 13.0 Å². The van der Waals surface area contributed by atoms with Crippen LogP contribution in [0.5, 0.6) is 0 Å². The van der Waals surface area contributed by atoms with Gasteiger partial charge in [-0.25, -0.2) is 8.42 Å². The van der Waals surface area contributed by atoms with Gasteiger partial charge in [-0.15, -0.1) is 0 Å². The molecule has 1 atom stereocenters. The Hall–Kier alpha value is -1.86. The van der Waals surface area contributed by atoms with E-state index >= 15 is 0 Å². The highest BCUT2D eigenvalue weighted by Crippen LogP contribution is 2.23. The summed E-state index contributed by atoms with van der Waals surface area (Å²) in [6.07, 6.45) is 1.10. The Morgan fingerprint density at radius 1 is 1.17 bits per heavy atom. The summed E-state index contributed by atoms with van der Waals surface area (Å²) in [6, 6.07) is 13.3. The maximum Gasteiger partial charge on any atom is 0.247 e. The third kappa shape index (κ3) is 4.58. The van der Waals surface area contributed by atoms with Gasteiger partial charge in [0, 0.05) is 10.2 Å². The van der Waals surface area contributed by atoms with Crippen LogP contribution in [0.1, 0.15) is 12.5 Å². The second-order valence-electron chi connectivity index (χ2n) is 5.57. The van der Waals surface area contributed by atoms with E-state index in [1.165, 1.54) is 0 Å². The molecular formula is C17H19BrN2O3S. The molecule has 0 bridgehead atoms. The summed E-state index contributed by atoms with van der Waals surface area (Å²) in [6.45, 7) is 3.44. The van der Waals surface area contributed by atoms with Gasteiger partial charge in [0.15, 0.2) is 0 Å². The molecular weight excluding hydrogens is 392 g/mol. The van der Waals surface area contributed by atoms with Crippen molar-refractivity contribution in [1.29, 1.82) is 0 Å². The molecule has 2 rings (SSSR count). The van der Waals surface area contributed by atoms with Crippen molar-refractivity contribution in [2.24, 2.45) is 0 Å². The molecule has 0 spiro atoms. The Morgan fingerprint density at radius 3 is 2.33 bits per heavy atom. The van der Waals surface area contributed by atoms with Crippen LogP contribution in [-0.2, 0) is 14.8 Å². The molecule has 0 heterocycles. The molecule has 5 nitrogen and oxygen atoms in total. The summed E-state index contributed by atoms with van der Waals surface area (Å²) < 4.78 is 26.5. The SMILES string of the molecule is Cc1cccc(N([C@@H](C)C(=O)Nc2ccc(Br)cc2)S(C)(=O)=O)c1. The lowest BCUT2D eigenvalue weighted by Gasteiger charge is -2.28. The van der Waals surface area contributed by atoms with Crippen molar-refractivity contribution >= 4 is 43.2 Å². The Bertz CT molecular complexity index is 835. The maximum atomic E-state index is 12.5. The molecule has 0 saturated heterocycles. The van der Waals surface area contributed by atoms with Crippen molar-refractivity contribution < 1.29 is 13.2 Å². The fourth-order valence-corrected chi connectivity index (χ4v) is 3.78. The van der Waals surface area contributed by atoms with E-state index in [4.69, 9.17) is 0 Å². The monoisotopic (exact) mass is 410 g/mol. The van der Waals surface area contributed by atoms with E-state index in [9.17, 15) is 13.2 Å². The molecule has 128 valence electrons. The Kier molecular flexibility index (Phi) is 5.66. The standard InChI is InChI=1S/C17H19BrN2O3S/c1-12-5-4-6-16(11-12)20(24(3,22)23)13(2)17(21)19-15-9-7-14(18)8-10-15/h4-11,13H,1-3H3,(H,19,21)/t13-/m0/s1. The summed E-state index contributed by atoms with van der Waals surface area (Å²) in [4.78, 5) is 12.5. The van der Waals surface area contributed by atoms with Gasteiger partial charge < -0.3 is 5.32 Å². The lowest BCUT2D eigenvalue weighted by molar-refractivity contribution is -0.116. The molecule has 1 N–H and O–H groups in total. The van der Waals surface area contributed by atoms with Crippen LogP contribution >= 0.6 is 15.9 Å². The molecule has 0 aromatic heterocycles. The molecule has 2 aromatic carbocycles. The van der Waals surface area contributed by atoms with Gasteiger partial charge in [-0.1, -0.05) is 28.1 Å². The lowest BCUT2D eigenvalue weighted by Crippen LogP contribution is -2.45. The van der Waals surface area contributed by atoms with Crippen molar-refractivity contribution in [3.63, 3.8) is 0 Å². The predicted molar refractivity (Wildman–Crippen MR) is 101 cm³/mol. The minimum absolute atomic E-state index is 0.399. The second-order valence-corrected chi connectivity index (χ2v) is 8.35. The third-order valence-electron chi connectivity index (χ3n) is 3.46. The first-order valence-electron chi connectivity index (χ1n) is 7.31. The highest BCUT2D eigenvalue weighted by molar-refractivity contribution is 9.10. The normalized spacial score (nSPS) is 12.5. The number of hydrogen-bond acceptors (Lipinski definition) is 3. The number of anilines is 2. The van der Waals surface area contributed by atoms with Gasteiger partial charge in [0.05, 0.1) is 11.9 Å². The van der Waals surface area contributed by atoms with E-state index in [0.717, 1.165) is 20.6 Å². The number of rotatable bonds is 5. The molecule has 0 aliphatic heterocycles. The number of carbonyl (C=O) groups is 1. The zero-order valence-electron chi connectivity index (χ0n) is 13.7. The van der Waals surface area contributed by atoms with Gasteiger partial charge in [-0.3, -0.25) is 9.10 Å². The first-order valence-corrected chi connectivity index (χ1v) is 9.95. The molecule has 0 fully saturated rings. The summed E-state index contributed by atoms with van der Waals surface area (Å²) in [5.74, 6) is -0.399. The Balaban J connectivity index is 2.29. The average Bonchev–Trinajstić information content (AvgIpc) is 2.48.